The molecule has 5 rings (SSSR count). The number of amides is 1. The first-order valence-corrected chi connectivity index (χ1v) is 12.7. The van der Waals surface area contributed by atoms with E-state index in [1.54, 1.807) is 29.5 Å². The molecule has 1 amide bonds. The lowest BCUT2D eigenvalue weighted by atomic mass is 9.95. The van der Waals surface area contributed by atoms with Crippen LogP contribution >= 0.6 is 11.3 Å². The molecule has 10 heteroatoms. The van der Waals surface area contributed by atoms with E-state index in [1.165, 1.54) is 0 Å². The van der Waals surface area contributed by atoms with Crippen LogP contribution < -0.4 is 5.32 Å². The van der Waals surface area contributed by atoms with Crippen LogP contribution in [0.1, 0.15) is 29.2 Å². The predicted octanol–water partition coefficient (Wildman–Crippen LogP) is 3.19. The van der Waals surface area contributed by atoms with Crippen LogP contribution in [-0.4, -0.2) is 43.1 Å². The number of hydrogen-bond donors (Lipinski definition) is 1. The zero-order valence-electron chi connectivity index (χ0n) is 17.4. The zero-order chi connectivity index (χ0) is 22.3. The van der Waals surface area contributed by atoms with Gasteiger partial charge in [-0.1, -0.05) is 12.1 Å². The summed E-state index contributed by atoms with van der Waals surface area (Å²) >= 11 is 1.56. The van der Waals surface area contributed by atoms with Crippen molar-refractivity contribution in [3.63, 3.8) is 0 Å². The van der Waals surface area contributed by atoms with Crippen LogP contribution in [0, 0.1) is 12.8 Å². The minimum absolute atomic E-state index is 0.0199. The molecule has 0 spiro atoms. The molecule has 3 aromatic rings. The highest BCUT2D eigenvalue weighted by Gasteiger charge is 2.34. The van der Waals surface area contributed by atoms with E-state index in [9.17, 15) is 13.2 Å². The Morgan fingerprint density at radius 3 is 2.75 bits per heavy atom. The highest BCUT2D eigenvalue weighted by molar-refractivity contribution is 7.90. The molecule has 2 aliphatic rings. The summed E-state index contributed by atoms with van der Waals surface area (Å²) in [7, 11) is -3.64. The van der Waals surface area contributed by atoms with Crippen molar-refractivity contribution in [2.24, 2.45) is 10.3 Å². The Morgan fingerprint density at radius 1 is 1.22 bits per heavy atom. The Balaban J connectivity index is 1.17. The van der Waals surface area contributed by atoms with Gasteiger partial charge in [-0.3, -0.25) is 4.79 Å². The van der Waals surface area contributed by atoms with Gasteiger partial charge in [0.25, 0.3) is 10.0 Å². The van der Waals surface area contributed by atoms with Crippen molar-refractivity contribution in [3.05, 3.63) is 58.1 Å². The van der Waals surface area contributed by atoms with Crippen LogP contribution in [0.5, 0.6) is 0 Å². The minimum atomic E-state index is -3.64. The van der Waals surface area contributed by atoms with E-state index in [-0.39, 0.29) is 16.7 Å². The molecule has 0 atom stereocenters. The number of likely N-dealkylation sites (tertiary alicyclic amines) is 1. The van der Waals surface area contributed by atoms with Crippen molar-refractivity contribution < 1.29 is 17.6 Å². The molecule has 0 saturated carbocycles. The standard InChI is InChI=1S/C22H22N4O4S2/c1-14-24-18(13-31-14)19-7-6-16(30-19)12-23-22(27)15-8-10-26(11-9-15)21-17-4-2-3-5-20(17)32(28,29)25-21/h2-7,13,15H,8-12H2,1H3,(H,23,27). The van der Waals surface area contributed by atoms with Crippen molar-refractivity contribution in [2.45, 2.75) is 31.2 Å². The second-order valence-corrected chi connectivity index (χ2v) is 10.5. The predicted molar refractivity (Wildman–Crippen MR) is 121 cm³/mol. The Labute approximate surface area is 190 Å². The third kappa shape index (κ3) is 3.95. The number of nitrogens with zero attached hydrogens (tertiary/aromatic N) is 3. The maximum atomic E-state index is 12.7. The smallest absolute Gasteiger partial charge is 0.285 e. The van der Waals surface area contributed by atoms with E-state index in [0.717, 1.165) is 10.7 Å². The quantitative estimate of drug-likeness (QED) is 0.628. The van der Waals surface area contributed by atoms with Crippen LogP contribution in [0.2, 0.25) is 0 Å². The number of sulfonamides is 1. The van der Waals surface area contributed by atoms with Gasteiger partial charge in [0.1, 0.15) is 16.3 Å². The normalized spacial score (nSPS) is 17.8. The topological polar surface area (TPSA) is 105 Å². The summed E-state index contributed by atoms with van der Waals surface area (Å²) in [6.07, 6.45) is 1.27. The van der Waals surface area contributed by atoms with Crippen molar-refractivity contribution in [3.8, 4) is 11.5 Å². The first kappa shape index (κ1) is 20.9. The van der Waals surface area contributed by atoms with Crippen molar-refractivity contribution >= 4 is 33.1 Å². The summed E-state index contributed by atoms with van der Waals surface area (Å²) in [6, 6.07) is 10.6. The van der Waals surface area contributed by atoms with E-state index in [2.05, 4.69) is 14.7 Å². The summed E-state index contributed by atoms with van der Waals surface area (Å²) in [5.74, 6) is 1.71. The second-order valence-electron chi connectivity index (χ2n) is 7.88. The summed E-state index contributed by atoms with van der Waals surface area (Å²) in [5.41, 5.74) is 1.44. The van der Waals surface area contributed by atoms with Gasteiger partial charge in [0.15, 0.2) is 11.6 Å². The summed E-state index contributed by atoms with van der Waals surface area (Å²) in [4.78, 5) is 19.3. The van der Waals surface area contributed by atoms with Gasteiger partial charge in [-0.15, -0.1) is 15.7 Å². The molecule has 1 fully saturated rings. The Morgan fingerprint density at radius 2 is 2.00 bits per heavy atom. The number of aromatic nitrogens is 1. The van der Waals surface area contributed by atoms with E-state index in [1.807, 2.05) is 35.4 Å². The number of benzene rings is 1. The lowest BCUT2D eigenvalue weighted by molar-refractivity contribution is -0.126. The van der Waals surface area contributed by atoms with Gasteiger partial charge in [0, 0.05) is 30.0 Å². The average molecular weight is 471 g/mol. The molecule has 32 heavy (non-hydrogen) atoms. The van der Waals surface area contributed by atoms with Crippen LogP contribution in [-0.2, 0) is 21.4 Å². The second kappa shape index (κ2) is 8.18. The number of amidine groups is 1. The highest BCUT2D eigenvalue weighted by Crippen LogP contribution is 2.30. The third-order valence-electron chi connectivity index (χ3n) is 5.75. The maximum absolute atomic E-state index is 12.7. The van der Waals surface area contributed by atoms with Crippen LogP contribution in [0.25, 0.3) is 11.5 Å². The molecule has 0 radical (unpaired) electrons. The van der Waals surface area contributed by atoms with Gasteiger partial charge in [-0.25, -0.2) is 4.98 Å². The highest BCUT2D eigenvalue weighted by atomic mass is 32.2. The summed E-state index contributed by atoms with van der Waals surface area (Å²) in [5, 5.41) is 5.88. The SMILES string of the molecule is Cc1nc(-c2ccc(CNC(=O)C3CCN(C4=NS(=O)(=O)c5ccccc54)CC3)o2)cs1. The fourth-order valence-electron chi connectivity index (χ4n) is 4.08. The fourth-order valence-corrected chi connectivity index (χ4v) is 5.91. The van der Waals surface area contributed by atoms with E-state index in [0.29, 0.717) is 55.4 Å². The van der Waals surface area contributed by atoms with Crippen molar-refractivity contribution in [2.75, 3.05) is 13.1 Å². The first-order chi connectivity index (χ1) is 15.4. The molecule has 1 aromatic carbocycles. The fraction of sp³-hybridized carbons (Fsp3) is 0.318. The monoisotopic (exact) mass is 470 g/mol. The van der Waals surface area contributed by atoms with E-state index in [4.69, 9.17) is 4.42 Å². The zero-order valence-corrected chi connectivity index (χ0v) is 19.1. The van der Waals surface area contributed by atoms with Gasteiger partial charge in [-0.2, -0.15) is 8.42 Å². The van der Waals surface area contributed by atoms with Crippen LogP contribution in [0.15, 0.2) is 55.5 Å². The summed E-state index contributed by atoms with van der Waals surface area (Å²) in [6.45, 7) is 3.42. The molecule has 0 unspecified atom stereocenters. The number of hydrogen-bond acceptors (Lipinski definition) is 7. The van der Waals surface area contributed by atoms with E-state index >= 15 is 0 Å². The molecular formula is C22H22N4O4S2. The number of fused-ring (bicyclic) bond motifs is 1. The number of carbonyl (C=O) groups excluding carboxylic acids is 1. The third-order valence-corrected chi connectivity index (χ3v) is 7.85. The molecule has 2 aliphatic heterocycles. The molecule has 1 saturated heterocycles. The minimum Gasteiger partial charge on any atom is -0.458 e. The Kier molecular flexibility index (Phi) is 5.34. The van der Waals surface area contributed by atoms with Crippen molar-refractivity contribution in [1.82, 2.24) is 15.2 Å². The molecule has 0 aliphatic carbocycles. The molecular weight excluding hydrogens is 448 g/mol. The Bertz CT molecular complexity index is 1300. The molecule has 0 bridgehead atoms. The molecule has 8 nitrogen and oxygen atoms in total. The number of thiazole rings is 1. The number of aryl methyl sites for hydroxylation is 1. The molecule has 4 heterocycles. The number of piperidine rings is 1. The average Bonchev–Trinajstić information content (AvgIpc) is 3.50. The van der Waals surface area contributed by atoms with Crippen LogP contribution in [0.4, 0.5) is 0 Å². The lowest BCUT2D eigenvalue weighted by Crippen LogP contribution is -2.42. The lowest BCUT2D eigenvalue weighted by Gasteiger charge is -2.32. The van der Waals surface area contributed by atoms with Crippen molar-refractivity contribution in [1.29, 1.82) is 0 Å². The van der Waals surface area contributed by atoms with Gasteiger partial charge >= 0.3 is 0 Å². The molecule has 166 valence electrons. The van der Waals surface area contributed by atoms with Gasteiger partial charge < -0.3 is 14.6 Å². The number of rotatable bonds is 4. The summed E-state index contributed by atoms with van der Waals surface area (Å²) < 4.78 is 34.4. The first-order valence-electron chi connectivity index (χ1n) is 10.4. The van der Waals surface area contributed by atoms with Gasteiger partial charge in [0.05, 0.1) is 11.6 Å². The largest absolute Gasteiger partial charge is 0.458 e. The molecule has 2 aromatic heterocycles. The van der Waals surface area contributed by atoms with Gasteiger partial charge in [0.2, 0.25) is 5.91 Å². The number of furan rings is 1. The Hall–Kier alpha value is -2.98. The van der Waals surface area contributed by atoms with Gasteiger partial charge in [-0.05, 0) is 44.0 Å². The number of nitrogens with one attached hydrogen (secondary N) is 1. The van der Waals surface area contributed by atoms with Crippen LogP contribution in [0.3, 0.4) is 0 Å². The number of carbonyl (C=O) groups is 1. The maximum Gasteiger partial charge on any atom is 0.285 e. The molecule has 1 N–H and O–H groups in total. The van der Waals surface area contributed by atoms with E-state index < -0.39 is 10.0 Å².